The van der Waals surface area contributed by atoms with Crippen molar-refractivity contribution in [2.45, 2.75) is 12.1 Å². The van der Waals surface area contributed by atoms with Crippen molar-refractivity contribution >= 4 is 45.9 Å². The molecule has 0 saturated carbocycles. The predicted octanol–water partition coefficient (Wildman–Crippen LogP) is 4.52. The number of aromatic nitrogens is 2. The third-order valence-electron chi connectivity index (χ3n) is 3.75. The van der Waals surface area contributed by atoms with Crippen LogP contribution >= 0.6 is 34.4 Å². The molecule has 0 aliphatic rings. The highest BCUT2D eigenvalue weighted by Gasteiger charge is 2.10. The van der Waals surface area contributed by atoms with Crippen molar-refractivity contribution in [3.05, 3.63) is 64.0 Å². The number of aryl methyl sites for hydroxylation is 1. The maximum atomic E-state index is 12.3. The van der Waals surface area contributed by atoms with Gasteiger partial charge in [-0.3, -0.25) is 9.36 Å². The molecule has 0 saturated heterocycles. The third kappa shape index (κ3) is 4.59. The molecule has 1 heterocycles. The molecule has 5 nitrogen and oxygen atoms in total. The summed E-state index contributed by atoms with van der Waals surface area (Å²) in [6.07, 6.45) is 3.61. The molecule has 3 aromatic rings. The van der Waals surface area contributed by atoms with E-state index in [9.17, 15) is 4.79 Å². The Bertz CT molecular complexity index is 909. The number of ether oxygens (including phenoxy) is 1. The molecule has 1 N–H and O–H groups in total. The zero-order valence-electron chi connectivity index (χ0n) is 14.4. The number of carbonyl (C=O) groups excluding carboxylic acids is 1. The first-order chi connectivity index (χ1) is 12.6. The number of anilines is 1. The number of amides is 1. The first-order valence-electron chi connectivity index (χ1n) is 7.93. The Labute approximate surface area is 170 Å². The molecule has 0 spiro atoms. The van der Waals surface area contributed by atoms with Crippen molar-refractivity contribution in [3.63, 3.8) is 0 Å². The van der Waals surface area contributed by atoms with Crippen LogP contribution in [-0.4, -0.2) is 28.3 Å². The molecule has 0 unspecified atom stereocenters. The van der Waals surface area contributed by atoms with E-state index >= 15 is 0 Å². The lowest BCUT2D eigenvalue weighted by Gasteiger charge is -2.10. The Kier molecular flexibility index (Phi) is 6.20. The topological polar surface area (TPSA) is 56.2 Å². The number of benzene rings is 2. The van der Waals surface area contributed by atoms with Crippen LogP contribution in [0.3, 0.4) is 0 Å². The van der Waals surface area contributed by atoms with Crippen LogP contribution in [0.2, 0.25) is 0 Å². The number of hydrogen-bond donors (Lipinski definition) is 1. The van der Waals surface area contributed by atoms with Gasteiger partial charge in [-0.15, -0.1) is 0 Å². The first kappa shape index (κ1) is 18.8. The summed E-state index contributed by atoms with van der Waals surface area (Å²) in [4.78, 5) is 16.6. The van der Waals surface area contributed by atoms with Crippen LogP contribution in [0.4, 0.5) is 5.69 Å². The van der Waals surface area contributed by atoms with Crippen LogP contribution in [0.5, 0.6) is 5.75 Å². The number of carbonyl (C=O) groups is 1. The molecule has 0 atom stereocenters. The highest BCUT2D eigenvalue weighted by molar-refractivity contribution is 14.1. The number of halogens is 1. The van der Waals surface area contributed by atoms with Gasteiger partial charge in [0.25, 0.3) is 0 Å². The normalized spacial score (nSPS) is 10.6. The Hall–Kier alpha value is -2.00. The monoisotopic (exact) mass is 479 g/mol. The van der Waals surface area contributed by atoms with Gasteiger partial charge in [0.15, 0.2) is 5.16 Å². The highest BCUT2D eigenvalue weighted by Crippen LogP contribution is 2.23. The van der Waals surface area contributed by atoms with Crippen LogP contribution in [-0.2, 0) is 4.79 Å². The van der Waals surface area contributed by atoms with Gasteiger partial charge in [-0.05, 0) is 77.5 Å². The fourth-order valence-electron chi connectivity index (χ4n) is 2.42. The zero-order valence-corrected chi connectivity index (χ0v) is 17.4. The van der Waals surface area contributed by atoms with Crippen molar-refractivity contribution in [3.8, 4) is 11.4 Å². The van der Waals surface area contributed by atoms with Gasteiger partial charge < -0.3 is 10.1 Å². The van der Waals surface area contributed by atoms with Crippen LogP contribution in [0, 0.1) is 10.5 Å². The summed E-state index contributed by atoms with van der Waals surface area (Å²) in [5.74, 6) is 1.04. The van der Waals surface area contributed by atoms with Crippen molar-refractivity contribution in [1.82, 2.24) is 9.55 Å². The van der Waals surface area contributed by atoms with Crippen molar-refractivity contribution < 1.29 is 9.53 Å². The van der Waals surface area contributed by atoms with Crippen molar-refractivity contribution in [2.75, 3.05) is 18.2 Å². The number of imidazole rings is 1. The van der Waals surface area contributed by atoms with Crippen LogP contribution in [0.25, 0.3) is 5.69 Å². The van der Waals surface area contributed by atoms with E-state index in [-0.39, 0.29) is 5.91 Å². The number of methoxy groups -OCH3 is 1. The summed E-state index contributed by atoms with van der Waals surface area (Å²) in [5, 5.41) is 3.73. The second-order valence-electron chi connectivity index (χ2n) is 5.57. The zero-order chi connectivity index (χ0) is 18.5. The van der Waals surface area contributed by atoms with E-state index < -0.39 is 0 Å². The minimum atomic E-state index is -0.0522. The van der Waals surface area contributed by atoms with Gasteiger partial charge >= 0.3 is 0 Å². The summed E-state index contributed by atoms with van der Waals surface area (Å²) in [5.41, 5.74) is 2.86. The van der Waals surface area contributed by atoms with E-state index in [1.807, 2.05) is 60.2 Å². The number of nitrogens with one attached hydrogen (secondary N) is 1. The summed E-state index contributed by atoms with van der Waals surface area (Å²) in [6.45, 7) is 1.99. The van der Waals surface area contributed by atoms with Gasteiger partial charge in [-0.25, -0.2) is 4.98 Å². The van der Waals surface area contributed by atoms with Crippen LogP contribution in [0.1, 0.15) is 5.56 Å². The number of thioether (sulfide) groups is 1. The van der Waals surface area contributed by atoms with Crippen LogP contribution < -0.4 is 10.1 Å². The summed E-state index contributed by atoms with van der Waals surface area (Å²) < 4.78 is 8.28. The van der Waals surface area contributed by atoms with Gasteiger partial charge in [0.05, 0.1) is 12.9 Å². The Morgan fingerprint density at radius 1 is 1.27 bits per heavy atom. The largest absolute Gasteiger partial charge is 0.497 e. The third-order valence-corrected chi connectivity index (χ3v) is 5.39. The lowest BCUT2D eigenvalue weighted by atomic mass is 10.2. The smallest absolute Gasteiger partial charge is 0.234 e. The minimum Gasteiger partial charge on any atom is -0.497 e. The molecule has 0 fully saturated rings. The molecule has 134 valence electrons. The average Bonchev–Trinajstić information content (AvgIpc) is 3.11. The Morgan fingerprint density at radius 3 is 2.73 bits per heavy atom. The Balaban J connectivity index is 1.64. The molecule has 0 bridgehead atoms. The lowest BCUT2D eigenvalue weighted by Crippen LogP contribution is -2.15. The molecular formula is C19H18IN3O2S. The van der Waals surface area contributed by atoms with Crippen LogP contribution in [0.15, 0.2) is 60.0 Å². The maximum absolute atomic E-state index is 12.3. The lowest BCUT2D eigenvalue weighted by molar-refractivity contribution is -0.113. The molecule has 1 amide bonds. The van der Waals surface area contributed by atoms with E-state index in [2.05, 4.69) is 32.9 Å². The second-order valence-corrected chi connectivity index (χ2v) is 7.76. The molecule has 0 aliphatic carbocycles. The first-order valence-corrected chi connectivity index (χ1v) is 10.00. The van der Waals surface area contributed by atoms with E-state index in [0.29, 0.717) is 5.75 Å². The molecule has 2 aromatic carbocycles. The maximum Gasteiger partial charge on any atom is 0.234 e. The molecule has 0 radical (unpaired) electrons. The van der Waals surface area contributed by atoms with Gasteiger partial charge in [-0.2, -0.15) is 0 Å². The SMILES string of the molecule is COc1ccc(-n2ccnc2SCC(=O)Nc2ccc(I)cc2C)cc1. The van der Waals surface area contributed by atoms with Gasteiger partial charge in [0, 0.05) is 27.3 Å². The van der Waals surface area contributed by atoms with E-state index in [0.717, 1.165) is 31.4 Å². The fraction of sp³-hybridized carbons (Fsp3) is 0.158. The summed E-state index contributed by atoms with van der Waals surface area (Å²) in [6, 6.07) is 13.7. The predicted molar refractivity (Wildman–Crippen MR) is 113 cm³/mol. The van der Waals surface area contributed by atoms with E-state index in [1.54, 1.807) is 13.3 Å². The number of rotatable bonds is 6. The standard InChI is InChI=1S/C19H18IN3O2S/c1-13-11-14(20)3-8-17(13)22-18(24)12-26-19-21-9-10-23(19)15-4-6-16(25-2)7-5-15/h3-11H,12H2,1-2H3,(H,22,24). The van der Waals surface area contributed by atoms with E-state index in [4.69, 9.17) is 4.74 Å². The molecule has 26 heavy (non-hydrogen) atoms. The summed E-state index contributed by atoms with van der Waals surface area (Å²) >= 11 is 3.66. The quantitative estimate of drug-likeness (QED) is 0.417. The van der Waals surface area contributed by atoms with Gasteiger partial charge in [0.1, 0.15) is 5.75 Å². The minimum absolute atomic E-state index is 0.0522. The fourth-order valence-corrected chi connectivity index (χ4v) is 3.84. The second kappa shape index (κ2) is 8.59. The summed E-state index contributed by atoms with van der Waals surface area (Å²) in [7, 11) is 1.64. The molecule has 1 aromatic heterocycles. The molecule has 7 heteroatoms. The van der Waals surface area contributed by atoms with Crippen molar-refractivity contribution in [1.29, 1.82) is 0 Å². The van der Waals surface area contributed by atoms with Crippen molar-refractivity contribution in [2.24, 2.45) is 0 Å². The number of nitrogens with zero attached hydrogens (tertiary/aromatic N) is 2. The average molecular weight is 479 g/mol. The number of hydrogen-bond acceptors (Lipinski definition) is 4. The molecule has 3 rings (SSSR count). The Morgan fingerprint density at radius 2 is 2.04 bits per heavy atom. The van der Waals surface area contributed by atoms with Gasteiger partial charge in [-0.1, -0.05) is 11.8 Å². The highest BCUT2D eigenvalue weighted by atomic mass is 127. The van der Waals surface area contributed by atoms with E-state index in [1.165, 1.54) is 11.8 Å². The molecule has 0 aliphatic heterocycles. The molecular weight excluding hydrogens is 461 g/mol. The van der Waals surface area contributed by atoms with Gasteiger partial charge in [0.2, 0.25) is 5.91 Å².